The zero-order chi connectivity index (χ0) is 22.9. The smallest absolute Gasteiger partial charge is 0.205 e. The van der Waals surface area contributed by atoms with Gasteiger partial charge in [0.05, 0.1) is 28.3 Å². The monoisotopic (exact) mass is 540 g/mol. The minimum absolute atomic E-state index is 0.126. The standard InChI is InChI=1S/C22H21Cl5O5/c23-15-4-5-18-22(32-11-10-29-18)21(15)31-8-3-1-2-7-30-20-16(24)12-14(13-17(20)25)28-9-6-19(26)27/h4-6,12-13H,1-3,7-11H2. The minimum atomic E-state index is 0.126. The molecule has 2 aromatic rings. The maximum Gasteiger partial charge on any atom is 0.205 e. The lowest BCUT2D eigenvalue weighted by atomic mass is 10.2. The number of hydrogen-bond acceptors (Lipinski definition) is 5. The van der Waals surface area contributed by atoms with Gasteiger partial charge in [-0.15, -0.1) is 0 Å². The van der Waals surface area contributed by atoms with Crippen LogP contribution in [0.25, 0.3) is 0 Å². The van der Waals surface area contributed by atoms with Crippen molar-refractivity contribution in [3.8, 4) is 28.7 Å². The van der Waals surface area contributed by atoms with Crippen LogP contribution in [-0.4, -0.2) is 33.0 Å². The first-order valence-electron chi connectivity index (χ1n) is 9.92. The van der Waals surface area contributed by atoms with Gasteiger partial charge in [0.2, 0.25) is 5.75 Å². The van der Waals surface area contributed by atoms with Crippen molar-refractivity contribution in [1.82, 2.24) is 0 Å². The number of fused-ring (bicyclic) bond motifs is 1. The maximum atomic E-state index is 6.27. The molecule has 0 unspecified atom stereocenters. The van der Waals surface area contributed by atoms with Crippen LogP contribution in [0.4, 0.5) is 0 Å². The van der Waals surface area contributed by atoms with E-state index in [1.54, 1.807) is 24.3 Å². The lowest BCUT2D eigenvalue weighted by molar-refractivity contribution is 0.161. The molecule has 1 aliphatic heterocycles. The van der Waals surface area contributed by atoms with Crippen LogP contribution >= 0.6 is 58.0 Å². The summed E-state index contributed by atoms with van der Waals surface area (Å²) >= 11 is 29.9. The molecule has 10 heteroatoms. The van der Waals surface area contributed by atoms with Gasteiger partial charge in [0.25, 0.3) is 0 Å². The average molecular weight is 543 g/mol. The van der Waals surface area contributed by atoms with E-state index in [1.807, 2.05) is 0 Å². The normalized spacial score (nSPS) is 12.3. The molecule has 0 bridgehead atoms. The number of benzene rings is 2. The third kappa shape index (κ3) is 7.32. The van der Waals surface area contributed by atoms with Crippen LogP contribution in [0.3, 0.4) is 0 Å². The van der Waals surface area contributed by atoms with E-state index in [2.05, 4.69) is 0 Å². The van der Waals surface area contributed by atoms with Gasteiger partial charge >= 0.3 is 0 Å². The van der Waals surface area contributed by atoms with Gasteiger partial charge in [-0.25, -0.2) is 0 Å². The first kappa shape index (κ1) is 25.3. The third-order valence-electron chi connectivity index (χ3n) is 4.36. The summed E-state index contributed by atoms with van der Waals surface area (Å²) in [7, 11) is 0. The fraction of sp³-hybridized carbons (Fsp3) is 0.364. The highest BCUT2D eigenvalue weighted by Gasteiger charge is 2.20. The number of halogens is 5. The second kappa shape index (κ2) is 12.8. The van der Waals surface area contributed by atoms with E-state index in [0.717, 1.165) is 19.3 Å². The van der Waals surface area contributed by atoms with Crippen LogP contribution in [0, 0.1) is 0 Å². The van der Waals surface area contributed by atoms with Crippen LogP contribution < -0.4 is 23.7 Å². The Morgan fingerprint density at radius 3 is 2.16 bits per heavy atom. The predicted octanol–water partition coefficient (Wildman–Crippen LogP) is 7.74. The van der Waals surface area contributed by atoms with Gasteiger partial charge in [-0.1, -0.05) is 58.0 Å². The molecule has 0 radical (unpaired) electrons. The van der Waals surface area contributed by atoms with Gasteiger partial charge in [-0.3, -0.25) is 0 Å². The highest BCUT2D eigenvalue weighted by molar-refractivity contribution is 6.55. The summed E-state index contributed by atoms with van der Waals surface area (Å²) in [6, 6.07) is 6.78. The van der Waals surface area contributed by atoms with Crippen molar-refractivity contribution in [2.45, 2.75) is 19.3 Å². The number of rotatable bonds is 11. The van der Waals surface area contributed by atoms with Gasteiger partial charge in [-0.05, 0) is 37.5 Å². The summed E-state index contributed by atoms with van der Waals surface area (Å²) in [6.07, 6.45) is 4.01. The third-order valence-corrected chi connectivity index (χ3v) is 5.52. The fourth-order valence-corrected chi connectivity index (χ4v) is 3.79. The van der Waals surface area contributed by atoms with Gasteiger partial charge < -0.3 is 23.7 Å². The van der Waals surface area contributed by atoms with Crippen LogP contribution in [0.2, 0.25) is 15.1 Å². The molecule has 32 heavy (non-hydrogen) atoms. The lowest BCUT2D eigenvalue weighted by Crippen LogP contribution is -2.16. The first-order valence-corrected chi connectivity index (χ1v) is 11.8. The average Bonchev–Trinajstić information content (AvgIpc) is 2.75. The van der Waals surface area contributed by atoms with Gasteiger partial charge in [0, 0.05) is 12.1 Å². The lowest BCUT2D eigenvalue weighted by Gasteiger charge is -2.21. The molecule has 2 aromatic carbocycles. The molecule has 174 valence electrons. The van der Waals surface area contributed by atoms with E-state index in [9.17, 15) is 0 Å². The number of ether oxygens (including phenoxy) is 5. The molecule has 0 saturated heterocycles. The van der Waals surface area contributed by atoms with Crippen molar-refractivity contribution in [2.24, 2.45) is 0 Å². The zero-order valence-corrected chi connectivity index (χ0v) is 20.8. The predicted molar refractivity (Wildman–Crippen MR) is 129 cm³/mol. The molecule has 0 atom stereocenters. The molecule has 1 aliphatic rings. The van der Waals surface area contributed by atoms with Crippen LogP contribution in [0.15, 0.2) is 34.8 Å². The van der Waals surface area contributed by atoms with Crippen LogP contribution in [0.1, 0.15) is 19.3 Å². The molecule has 0 saturated carbocycles. The maximum absolute atomic E-state index is 6.27. The van der Waals surface area contributed by atoms with Crippen LogP contribution in [-0.2, 0) is 0 Å². The molecule has 3 rings (SSSR count). The molecular formula is C22H21Cl5O5. The van der Waals surface area contributed by atoms with E-state index < -0.39 is 0 Å². The summed E-state index contributed by atoms with van der Waals surface area (Å²) in [4.78, 5) is 0. The Bertz CT molecular complexity index is 924. The fourth-order valence-electron chi connectivity index (χ4n) is 2.89. The van der Waals surface area contributed by atoms with E-state index >= 15 is 0 Å². The highest BCUT2D eigenvalue weighted by atomic mass is 35.5. The topological polar surface area (TPSA) is 46.2 Å². The number of unbranched alkanes of at least 4 members (excludes halogenated alkanes) is 2. The van der Waals surface area contributed by atoms with Crippen molar-refractivity contribution in [3.63, 3.8) is 0 Å². The van der Waals surface area contributed by atoms with E-state index in [1.165, 1.54) is 6.08 Å². The first-order chi connectivity index (χ1) is 15.5. The second-order valence-corrected chi connectivity index (χ2v) is 8.91. The van der Waals surface area contributed by atoms with E-state index in [-0.39, 0.29) is 11.1 Å². The van der Waals surface area contributed by atoms with Crippen molar-refractivity contribution < 1.29 is 23.7 Å². The molecule has 0 N–H and O–H groups in total. The highest BCUT2D eigenvalue weighted by Crippen LogP contribution is 2.44. The molecular weight excluding hydrogens is 522 g/mol. The van der Waals surface area contributed by atoms with Crippen molar-refractivity contribution in [1.29, 1.82) is 0 Å². The zero-order valence-electron chi connectivity index (χ0n) is 17.0. The molecule has 0 fully saturated rings. The van der Waals surface area contributed by atoms with Gasteiger partial charge in [0.1, 0.15) is 30.1 Å². The molecule has 0 spiro atoms. The van der Waals surface area contributed by atoms with Crippen molar-refractivity contribution >= 4 is 58.0 Å². The van der Waals surface area contributed by atoms with Crippen molar-refractivity contribution in [2.75, 3.05) is 33.0 Å². The molecule has 0 aliphatic carbocycles. The summed E-state index contributed by atoms with van der Waals surface area (Å²) in [5.74, 6) is 2.64. The van der Waals surface area contributed by atoms with Crippen LogP contribution in [0.5, 0.6) is 28.7 Å². The summed E-state index contributed by atoms with van der Waals surface area (Å²) in [5, 5.41) is 1.22. The van der Waals surface area contributed by atoms with Gasteiger partial charge in [-0.2, -0.15) is 0 Å². The van der Waals surface area contributed by atoms with E-state index in [4.69, 9.17) is 81.7 Å². The Balaban J connectivity index is 1.39. The van der Waals surface area contributed by atoms with Crippen molar-refractivity contribution in [3.05, 3.63) is 49.9 Å². The Morgan fingerprint density at radius 2 is 1.47 bits per heavy atom. The largest absolute Gasteiger partial charge is 0.490 e. The Hall–Kier alpha value is -1.37. The van der Waals surface area contributed by atoms with Gasteiger partial charge in [0.15, 0.2) is 17.2 Å². The van der Waals surface area contributed by atoms with E-state index in [0.29, 0.717) is 70.2 Å². The Kier molecular flexibility index (Phi) is 10.1. The summed E-state index contributed by atoms with van der Waals surface area (Å²) in [5.41, 5.74) is 0. The quantitative estimate of drug-likeness (QED) is 0.272. The SMILES string of the molecule is ClC(Cl)=CCOc1cc(Cl)c(OCCCCCOc2c(Cl)ccc3c2OCCO3)c(Cl)c1. The Morgan fingerprint density at radius 1 is 0.812 bits per heavy atom. The Labute approximate surface area is 212 Å². The number of hydrogen-bond donors (Lipinski definition) is 0. The molecule has 1 heterocycles. The summed E-state index contributed by atoms with van der Waals surface area (Å²) < 4.78 is 28.4. The molecule has 5 nitrogen and oxygen atoms in total. The molecule has 0 amide bonds. The second-order valence-electron chi connectivity index (χ2n) is 6.68. The molecule has 0 aromatic heterocycles. The summed E-state index contributed by atoms with van der Waals surface area (Å²) in [6.45, 7) is 2.14. The minimum Gasteiger partial charge on any atom is -0.490 e.